The number of nitrogens with zero attached hydrogens (tertiary/aromatic N) is 3. The first-order chi connectivity index (χ1) is 13.9. The van der Waals surface area contributed by atoms with Crippen molar-refractivity contribution in [2.24, 2.45) is 10.2 Å². The molecule has 0 heterocycles. The van der Waals surface area contributed by atoms with Gasteiger partial charge in [-0.15, -0.1) is 0 Å². The highest BCUT2D eigenvalue weighted by molar-refractivity contribution is 7.86. The second-order valence-electron chi connectivity index (χ2n) is 5.86. The van der Waals surface area contributed by atoms with Gasteiger partial charge in [-0.1, -0.05) is 17.9 Å². The molecule has 0 aliphatic heterocycles. The van der Waals surface area contributed by atoms with Crippen LogP contribution < -0.4 is 5.11 Å². The van der Waals surface area contributed by atoms with Gasteiger partial charge in [-0.25, -0.2) is 0 Å². The third kappa shape index (κ3) is 4.25. The number of rotatable bonds is 5. The average molecular weight is 452 g/mol. The van der Waals surface area contributed by atoms with Crippen molar-refractivity contribution in [3.8, 4) is 5.75 Å². The lowest BCUT2D eigenvalue weighted by molar-refractivity contribution is -0.384. The Balaban J connectivity index is 2.28. The third-order valence-corrected chi connectivity index (χ3v) is 5.59. The van der Waals surface area contributed by atoms with E-state index in [1.165, 1.54) is 18.2 Å². The normalized spacial score (nSPS) is 12.5. The summed E-state index contributed by atoms with van der Waals surface area (Å²) in [6.45, 7) is 0. The summed E-state index contributed by atoms with van der Waals surface area (Å²) in [4.78, 5) is 8.49. The molecule has 3 aromatic carbocycles. The summed E-state index contributed by atoms with van der Waals surface area (Å²) in [6, 6.07) is 8.57. The zero-order valence-corrected chi connectivity index (χ0v) is 16.2. The maximum absolute atomic E-state index is 12.5. The van der Waals surface area contributed by atoms with Gasteiger partial charge >= 0.3 is 0 Å². The maximum Gasteiger partial charge on any atom is 0.294 e. The SMILES string of the molecule is O=[N+]([O-])c1cccc(N=Nc2c([O-])c(S(=O)(=O)O)cc3cc(S(=O)(=O)O)ccc23)c1. The smallest absolute Gasteiger partial charge is 0.294 e. The van der Waals surface area contributed by atoms with Gasteiger partial charge < -0.3 is 5.11 Å². The molecule has 14 heteroatoms. The van der Waals surface area contributed by atoms with Crippen molar-refractivity contribution < 1.29 is 36.0 Å². The summed E-state index contributed by atoms with van der Waals surface area (Å²) in [7, 11) is -9.65. The molecule has 3 rings (SSSR count). The summed E-state index contributed by atoms with van der Waals surface area (Å²) < 4.78 is 64.3. The van der Waals surface area contributed by atoms with Gasteiger partial charge in [0.1, 0.15) is 0 Å². The van der Waals surface area contributed by atoms with E-state index in [9.17, 15) is 41.2 Å². The van der Waals surface area contributed by atoms with Crippen LogP contribution in [-0.2, 0) is 20.2 Å². The Bertz CT molecular complexity index is 1430. The lowest BCUT2D eigenvalue weighted by Crippen LogP contribution is -2.05. The zero-order valence-electron chi connectivity index (χ0n) is 14.5. The van der Waals surface area contributed by atoms with Crippen LogP contribution in [0.5, 0.6) is 5.75 Å². The van der Waals surface area contributed by atoms with E-state index in [4.69, 9.17) is 0 Å². The molecule has 0 saturated heterocycles. The molecule has 0 bridgehead atoms. The van der Waals surface area contributed by atoms with Crippen LogP contribution in [0.4, 0.5) is 17.1 Å². The van der Waals surface area contributed by atoms with Crippen LogP contribution in [0.2, 0.25) is 0 Å². The molecule has 30 heavy (non-hydrogen) atoms. The van der Waals surface area contributed by atoms with Crippen molar-refractivity contribution in [1.29, 1.82) is 0 Å². The van der Waals surface area contributed by atoms with Crippen LogP contribution in [0.3, 0.4) is 0 Å². The molecule has 0 atom stereocenters. The van der Waals surface area contributed by atoms with Crippen molar-refractivity contribution in [1.82, 2.24) is 0 Å². The number of non-ortho nitro benzene ring substituents is 1. The highest BCUT2D eigenvalue weighted by Gasteiger charge is 2.18. The summed E-state index contributed by atoms with van der Waals surface area (Å²) >= 11 is 0. The maximum atomic E-state index is 12.5. The standard InChI is InChI=1S/C16H11N3O9S2/c20-16-14(30(26,27)28)7-9-6-12(29(23,24)25)4-5-13(9)15(16)18-17-10-2-1-3-11(8-10)19(21)22/h1-8,20H,(H,23,24,25)(H,26,27,28)/p-1. The Morgan fingerprint density at radius 1 is 0.900 bits per heavy atom. The number of hydrogen-bond donors (Lipinski definition) is 2. The lowest BCUT2D eigenvalue weighted by Gasteiger charge is -2.16. The molecule has 0 aromatic heterocycles. The monoisotopic (exact) mass is 452 g/mol. The Hall–Kier alpha value is -3.46. The van der Waals surface area contributed by atoms with E-state index in [1.54, 1.807) is 0 Å². The van der Waals surface area contributed by atoms with Crippen molar-refractivity contribution in [2.75, 3.05) is 0 Å². The van der Waals surface area contributed by atoms with Gasteiger partial charge in [0.2, 0.25) is 0 Å². The van der Waals surface area contributed by atoms with Gasteiger partial charge in [-0.3, -0.25) is 19.2 Å². The summed E-state index contributed by atoms with van der Waals surface area (Å²) in [5.74, 6) is -1.22. The molecule has 2 N–H and O–H groups in total. The minimum absolute atomic E-state index is 0.0245. The van der Waals surface area contributed by atoms with E-state index in [0.717, 1.165) is 30.3 Å². The zero-order chi connectivity index (χ0) is 22.3. The molecule has 156 valence electrons. The highest BCUT2D eigenvalue weighted by Crippen LogP contribution is 2.40. The van der Waals surface area contributed by atoms with E-state index in [-0.39, 0.29) is 22.1 Å². The first kappa shape index (κ1) is 21.3. The summed E-state index contributed by atoms with van der Waals surface area (Å²) in [5, 5.41) is 30.6. The van der Waals surface area contributed by atoms with Gasteiger partial charge in [-0.05, 0) is 29.7 Å². The predicted molar refractivity (Wildman–Crippen MR) is 100 cm³/mol. The first-order valence-corrected chi connectivity index (χ1v) is 10.6. The molecule has 0 saturated carbocycles. The molecule has 0 amide bonds. The molecule has 12 nitrogen and oxygen atoms in total. The van der Waals surface area contributed by atoms with Gasteiger partial charge in [-0.2, -0.15) is 27.1 Å². The molecule has 0 aliphatic carbocycles. The van der Waals surface area contributed by atoms with Crippen molar-refractivity contribution >= 4 is 48.1 Å². The number of hydrogen-bond acceptors (Lipinski definition) is 9. The van der Waals surface area contributed by atoms with Crippen molar-refractivity contribution in [2.45, 2.75) is 9.79 Å². The molecule has 0 spiro atoms. The van der Waals surface area contributed by atoms with E-state index in [2.05, 4.69) is 10.2 Å². The molecule has 0 unspecified atom stereocenters. The van der Waals surface area contributed by atoms with Crippen LogP contribution in [-0.4, -0.2) is 30.9 Å². The minimum Gasteiger partial charge on any atom is -0.870 e. The lowest BCUT2D eigenvalue weighted by atomic mass is 10.1. The van der Waals surface area contributed by atoms with Crippen LogP contribution in [0.25, 0.3) is 10.8 Å². The Kier molecular flexibility index (Phi) is 5.25. The fraction of sp³-hybridized carbons (Fsp3) is 0. The van der Waals surface area contributed by atoms with E-state index < -0.39 is 46.4 Å². The predicted octanol–water partition coefficient (Wildman–Crippen LogP) is 2.73. The van der Waals surface area contributed by atoms with Crippen molar-refractivity contribution in [3.05, 3.63) is 58.6 Å². The topological polar surface area (TPSA) is 200 Å². The first-order valence-electron chi connectivity index (χ1n) is 7.77. The molecule has 0 fully saturated rings. The van der Waals surface area contributed by atoms with E-state index in [1.807, 2.05) is 0 Å². The third-order valence-electron chi connectivity index (χ3n) is 3.89. The van der Waals surface area contributed by atoms with Crippen LogP contribution in [0.1, 0.15) is 0 Å². The number of fused-ring (bicyclic) bond motifs is 1. The summed E-state index contributed by atoms with van der Waals surface area (Å²) in [6.07, 6.45) is 0. The molecule has 0 aliphatic rings. The molecular weight excluding hydrogens is 442 g/mol. The summed E-state index contributed by atoms with van der Waals surface area (Å²) in [5.41, 5.74) is -0.889. The fourth-order valence-electron chi connectivity index (χ4n) is 2.55. The van der Waals surface area contributed by atoms with E-state index >= 15 is 0 Å². The second kappa shape index (κ2) is 7.42. The molecule has 0 radical (unpaired) electrons. The Morgan fingerprint density at radius 2 is 1.60 bits per heavy atom. The van der Waals surface area contributed by atoms with Gasteiger partial charge in [0, 0.05) is 17.5 Å². The van der Waals surface area contributed by atoms with Crippen LogP contribution in [0, 0.1) is 10.1 Å². The number of nitro benzene ring substituents is 1. The Morgan fingerprint density at radius 3 is 2.20 bits per heavy atom. The van der Waals surface area contributed by atoms with Gasteiger partial charge in [0.15, 0.2) is 0 Å². The fourth-order valence-corrected chi connectivity index (χ4v) is 3.67. The molecular formula is C16H10N3O9S2-. The number of azo groups is 1. The minimum atomic E-state index is -5.01. The van der Waals surface area contributed by atoms with Crippen molar-refractivity contribution in [3.63, 3.8) is 0 Å². The van der Waals surface area contributed by atoms with Crippen LogP contribution >= 0.6 is 0 Å². The number of benzene rings is 3. The second-order valence-corrected chi connectivity index (χ2v) is 8.67. The van der Waals surface area contributed by atoms with Gasteiger partial charge in [0.25, 0.3) is 25.9 Å². The molecule has 3 aromatic rings. The number of nitro groups is 1. The largest absolute Gasteiger partial charge is 0.870 e. The quantitative estimate of drug-likeness (QED) is 0.253. The highest BCUT2D eigenvalue weighted by atomic mass is 32.2. The Labute approximate surface area is 168 Å². The van der Waals surface area contributed by atoms with E-state index in [0.29, 0.717) is 0 Å². The average Bonchev–Trinajstić information content (AvgIpc) is 2.65. The van der Waals surface area contributed by atoms with Crippen LogP contribution in [0.15, 0.2) is 68.6 Å². The van der Waals surface area contributed by atoms with Gasteiger partial charge in [0.05, 0.1) is 26.1 Å².